The smallest absolute Gasteiger partial charge is 0.302 e. The summed E-state index contributed by atoms with van der Waals surface area (Å²) < 4.78 is 12.2. The standard InChI is InChI=1S/C48H45N3O6/c1-4-11-44(57-33(3)53)46-45(50(47(54)38-20-16-32(2)17-21-38)31-34-18-22-36(23-19-34)35-12-6-5-7-13-35)40-30-39(56-29-10-28-52)25-27-43(40)51(46)48(55)42-26-24-37-14-8-9-15-41(37)49-42/h4-9,12-27,30,44-46,52H,1,10-11,28-29,31H2,2-3H3/t44?,45-,46+/m0/s1. The maximum atomic E-state index is 15.1. The highest BCUT2D eigenvalue weighted by Crippen LogP contribution is 2.48. The first-order valence-corrected chi connectivity index (χ1v) is 19.1. The Labute approximate surface area is 332 Å². The zero-order chi connectivity index (χ0) is 39.9. The van der Waals surface area contributed by atoms with Gasteiger partial charge in [-0.3, -0.25) is 19.3 Å². The number of carbonyl (C=O) groups excluding carboxylic acids is 3. The SMILES string of the molecule is C=CCC(OC(C)=O)[C@@H]1[C@@H](N(Cc2ccc(-c3ccccc3)cc2)C(=O)c2ccc(C)cc2)c2cc(OCCCO)ccc2N1C(=O)c1ccc2ccccc2n1. The molecule has 3 atom stereocenters. The molecule has 6 aromatic rings. The van der Waals surface area contributed by atoms with E-state index in [4.69, 9.17) is 14.5 Å². The lowest BCUT2D eigenvalue weighted by Gasteiger charge is -2.39. The molecule has 0 bridgehead atoms. The summed E-state index contributed by atoms with van der Waals surface area (Å²) in [5.74, 6) is -0.715. The summed E-state index contributed by atoms with van der Waals surface area (Å²) in [4.78, 5) is 51.2. The number of fused-ring (bicyclic) bond motifs is 2. The highest BCUT2D eigenvalue weighted by atomic mass is 16.5. The number of nitrogens with zero attached hydrogens (tertiary/aromatic N) is 3. The van der Waals surface area contributed by atoms with Gasteiger partial charge in [0.1, 0.15) is 17.5 Å². The number of benzene rings is 5. The predicted octanol–water partition coefficient (Wildman–Crippen LogP) is 8.89. The van der Waals surface area contributed by atoms with E-state index in [0.717, 1.165) is 27.6 Å². The van der Waals surface area contributed by atoms with Gasteiger partial charge in [-0.25, -0.2) is 4.98 Å². The number of amides is 2. The van der Waals surface area contributed by atoms with Gasteiger partial charge in [0.05, 0.1) is 29.9 Å². The van der Waals surface area contributed by atoms with E-state index in [1.807, 2.05) is 110 Å². The number of anilines is 1. The molecule has 1 aliphatic rings. The molecule has 2 amide bonds. The number of hydrogen-bond donors (Lipinski definition) is 1. The molecule has 1 unspecified atom stereocenters. The van der Waals surface area contributed by atoms with Crippen LogP contribution in [0.15, 0.2) is 146 Å². The Hall–Kier alpha value is -6.58. The first kappa shape index (κ1) is 38.7. The molecule has 0 saturated heterocycles. The Morgan fingerprint density at radius 1 is 0.877 bits per heavy atom. The first-order valence-electron chi connectivity index (χ1n) is 19.1. The van der Waals surface area contributed by atoms with Crippen LogP contribution in [0.4, 0.5) is 5.69 Å². The fourth-order valence-electron chi connectivity index (χ4n) is 7.52. The lowest BCUT2D eigenvalue weighted by molar-refractivity contribution is -0.147. The fourth-order valence-corrected chi connectivity index (χ4v) is 7.52. The maximum Gasteiger partial charge on any atom is 0.302 e. The molecular weight excluding hydrogens is 715 g/mol. The van der Waals surface area contributed by atoms with Crippen LogP contribution in [0.5, 0.6) is 5.75 Å². The normalized spacial score (nSPS) is 15.1. The van der Waals surface area contributed by atoms with Crippen LogP contribution in [0.2, 0.25) is 0 Å². The Bertz CT molecular complexity index is 2380. The van der Waals surface area contributed by atoms with Gasteiger partial charge < -0.3 is 19.5 Å². The molecule has 0 saturated carbocycles. The average molecular weight is 760 g/mol. The molecule has 9 nitrogen and oxygen atoms in total. The third kappa shape index (κ3) is 8.49. The molecule has 5 aromatic carbocycles. The third-order valence-corrected chi connectivity index (χ3v) is 10.2. The van der Waals surface area contributed by atoms with Gasteiger partial charge in [0.15, 0.2) is 0 Å². The van der Waals surface area contributed by atoms with Crippen molar-refractivity contribution in [3.63, 3.8) is 0 Å². The third-order valence-electron chi connectivity index (χ3n) is 10.2. The summed E-state index contributed by atoms with van der Waals surface area (Å²) in [6.45, 7) is 7.67. The van der Waals surface area contributed by atoms with Crippen molar-refractivity contribution in [2.45, 2.75) is 51.4 Å². The number of carbonyl (C=O) groups is 3. The minimum absolute atomic E-state index is 0.0375. The lowest BCUT2D eigenvalue weighted by Crippen LogP contribution is -2.52. The zero-order valence-corrected chi connectivity index (χ0v) is 32.1. The number of esters is 1. The van der Waals surface area contributed by atoms with Gasteiger partial charge in [0, 0.05) is 49.4 Å². The fraction of sp³-hybridized carbons (Fsp3) is 0.208. The van der Waals surface area contributed by atoms with E-state index in [1.165, 1.54) is 6.92 Å². The quantitative estimate of drug-likeness (QED) is 0.0672. The molecule has 288 valence electrons. The van der Waals surface area contributed by atoms with Crippen LogP contribution < -0.4 is 9.64 Å². The largest absolute Gasteiger partial charge is 0.493 e. The van der Waals surface area contributed by atoms with Gasteiger partial charge in [0.2, 0.25) is 0 Å². The first-order chi connectivity index (χ1) is 27.7. The molecule has 0 fully saturated rings. The molecule has 7 rings (SSSR count). The summed E-state index contributed by atoms with van der Waals surface area (Å²) in [5, 5.41) is 10.4. The number of rotatable bonds is 14. The molecule has 1 N–H and O–H groups in total. The molecule has 1 aromatic heterocycles. The lowest BCUT2D eigenvalue weighted by atomic mass is 9.93. The second kappa shape index (κ2) is 17.5. The van der Waals surface area contributed by atoms with Gasteiger partial charge in [-0.1, -0.05) is 103 Å². The number of aromatic nitrogens is 1. The number of aliphatic hydroxyl groups is 1. The summed E-state index contributed by atoms with van der Waals surface area (Å²) in [7, 11) is 0. The monoisotopic (exact) mass is 759 g/mol. The van der Waals surface area contributed by atoms with Crippen molar-refractivity contribution in [1.29, 1.82) is 0 Å². The van der Waals surface area contributed by atoms with E-state index in [0.29, 0.717) is 34.5 Å². The van der Waals surface area contributed by atoms with Crippen LogP contribution in [0.1, 0.15) is 63.3 Å². The van der Waals surface area contributed by atoms with Gasteiger partial charge >= 0.3 is 5.97 Å². The molecular formula is C48H45N3O6. The van der Waals surface area contributed by atoms with E-state index < -0.39 is 30.1 Å². The molecule has 0 aliphatic carbocycles. The van der Waals surface area contributed by atoms with E-state index in [-0.39, 0.29) is 37.8 Å². The molecule has 57 heavy (non-hydrogen) atoms. The van der Waals surface area contributed by atoms with Crippen LogP contribution in [0.25, 0.3) is 22.0 Å². The topological polar surface area (TPSA) is 109 Å². The van der Waals surface area contributed by atoms with Crippen molar-refractivity contribution >= 4 is 34.4 Å². The molecule has 1 aliphatic heterocycles. The predicted molar refractivity (Wildman–Crippen MR) is 222 cm³/mol. The Morgan fingerprint density at radius 2 is 1.60 bits per heavy atom. The average Bonchev–Trinajstić information content (AvgIpc) is 3.56. The molecule has 2 heterocycles. The van der Waals surface area contributed by atoms with Gasteiger partial charge in [-0.05, 0) is 66.1 Å². The van der Waals surface area contributed by atoms with Crippen LogP contribution in [0, 0.1) is 6.92 Å². The second-order valence-corrected chi connectivity index (χ2v) is 14.2. The number of aryl methyl sites for hydroxylation is 1. The molecule has 9 heteroatoms. The number of pyridine rings is 1. The number of hydrogen-bond acceptors (Lipinski definition) is 7. The van der Waals surface area contributed by atoms with E-state index in [2.05, 4.69) is 6.58 Å². The maximum absolute atomic E-state index is 15.1. The van der Waals surface area contributed by atoms with Crippen molar-refractivity contribution in [2.75, 3.05) is 18.1 Å². The molecule has 0 radical (unpaired) electrons. The highest BCUT2D eigenvalue weighted by Gasteiger charge is 2.51. The van der Waals surface area contributed by atoms with Crippen LogP contribution in [0.3, 0.4) is 0 Å². The van der Waals surface area contributed by atoms with Gasteiger partial charge in [-0.2, -0.15) is 0 Å². The summed E-state index contributed by atoms with van der Waals surface area (Å²) >= 11 is 0. The van der Waals surface area contributed by atoms with Crippen molar-refractivity contribution in [3.05, 3.63) is 174 Å². The summed E-state index contributed by atoms with van der Waals surface area (Å²) in [6.07, 6.45) is 1.37. The van der Waals surface area contributed by atoms with Crippen molar-refractivity contribution in [3.8, 4) is 16.9 Å². The Morgan fingerprint density at radius 3 is 2.32 bits per heavy atom. The van der Waals surface area contributed by atoms with E-state index in [9.17, 15) is 9.90 Å². The van der Waals surface area contributed by atoms with Crippen molar-refractivity contribution in [2.24, 2.45) is 0 Å². The van der Waals surface area contributed by atoms with Crippen LogP contribution >= 0.6 is 0 Å². The van der Waals surface area contributed by atoms with Crippen molar-refractivity contribution in [1.82, 2.24) is 9.88 Å². The van der Waals surface area contributed by atoms with Gasteiger partial charge in [0.25, 0.3) is 11.8 Å². The highest BCUT2D eigenvalue weighted by molar-refractivity contribution is 6.08. The van der Waals surface area contributed by atoms with Crippen molar-refractivity contribution < 1.29 is 29.0 Å². The zero-order valence-electron chi connectivity index (χ0n) is 32.1. The second-order valence-electron chi connectivity index (χ2n) is 14.2. The van der Waals surface area contributed by atoms with Gasteiger partial charge in [-0.15, -0.1) is 6.58 Å². The molecule has 0 spiro atoms. The minimum atomic E-state index is -0.909. The van der Waals surface area contributed by atoms with Crippen LogP contribution in [-0.4, -0.2) is 58.1 Å². The van der Waals surface area contributed by atoms with E-state index >= 15 is 9.59 Å². The number of para-hydroxylation sites is 1. The minimum Gasteiger partial charge on any atom is -0.493 e. The Kier molecular flexibility index (Phi) is 11.9. The number of ether oxygens (including phenoxy) is 2. The summed E-state index contributed by atoms with van der Waals surface area (Å²) in [5.41, 5.74) is 6.45. The summed E-state index contributed by atoms with van der Waals surface area (Å²) in [6, 6.07) is 40.3. The van der Waals surface area contributed by atoms with Crippen LogP contribution in [-0.2, 0) is 16.1 Å². The number of aliphatic hydroxyl groups excluding tert-OH is 1. The van der Waals surface area contributed by atoms with E-state index in [1.54, 1.807) is 46.2 Å². The Balaban J connectivity index is 1.42.